The first kappa shape index (κ1) is 11.5. The Kier molecular flexibility index (Phi) is 3.49. The second kappa shape index (κ2) is 4.87. The van der Waals surface area contributed by atoms with Gasteiger partial charge < -0.3 is 11.1 Å². The van der Waals surface area contributed by atoms with E-state index in [1.807, 2.05) is 0 Å². The average molecular weight is 222 g/mol. The first-order chi connectivity index (χ1) is 7.74. The van der Waals surface area contributed by atoms with Gasteiger partial charge in [-0.1, -0.05) is 0 Å². The van der Waals surface area contributed by atoms with Gasteiger partial charge in [0.15, 0.2) is 0 Å². The molecule has 1 aromatic rings. The zero-order valence-corrected chi connectivity index (χ0v) is 10.3. The number of nitrogens with two attached hydrogens (primary N) is 1. The smallest absolute Gasteiger partial charge is 0.0828 e. The Morgan fingerprint density at radius 1 is 1.44 bits per heavy atom. The van der Waals surface area contributed by atoms with Crippen molar-refractivity contribution in [3.05, 3.63) is 11.4 Å². The summed E-state index contributed by atoms with van der Waals surface area (Å²) in [5.74, 6) is 0. The third-order valence-corrected chi connectivity index (χ3v) is 3.43. The number of nitrogens with one attached hydrogen (secondary N) is 1. The second-order valence-electron chi connectivity index (χ2n) is 4.64. The fourth-order valence-electron chi connectivity index (χ4n) is 2.22. The number of aryl methyl sites for hydroxylation is 1. The molecule has 0 aromatic carbocycles. The van der Waals surface area contributed by atoms with Gasteiger partial charge in [0.25, 0.3) is 0 Å². The largest absolute Gasteiger partial charge is 0.382 e. The SMILES string of the molecule is Cc1nn(C2CCC2)c(C)c1NCCCN. The van der Waals surface area contributed by atoms with Crippen LogP contribution < -0.4 is 11.1 Å². The van der Waals surface area contributed by atoms with Crippen molar-refractivity contribution >= 4 is 5.69 Å². The van der Waals surface area contributed by atoms with Crippen molar-refractivity contribution in [3.63, 3.8) is 0 Å². The highest BCUT2D eigenvalue weighted by atomic mass is 15.3. The van der Waals surface area contributed by atoms with Crippen molar-refractivity contribution < 1.29 is 0 Å². The molecule has 1 aliphatic carbocycles. The molecule has 90 valence electrons. The normalized spacial score (nSPS) is 16.2. The maximum absolute atomic E-state index is 5.49. The monoisotopic (exact) mass is 222 g/mol. The molecule has 0 bridgehead atoms. The molecule has 0 saturated heterocycles. The molecule has 1 aromatic heterocycles. The van der Waals surface area contributed by atoms with Crippen molar-refractivity contribution in [2.45, 2.75) is 45.6 Å². The van der Waals surface area contributed by atoms with E-state index in [1.54, 1.807) is 0 Å². The van der Waals surface area contributed by atoms with E-state index in [0.29, 0.717) is 6.04 Å². The molecule has 0 amide bonds. The number of hydrogen-bond donors (Lipinski definition) is 2. The van der Waals surface area contributed by atoms with Gasteiger partial charge in [-0.05, 0) is 46.1 Å². The molecule has 3 N–H and O–H groups in total. The zero-order chi connectivity index (χ0) is 11.5. The lowest BCUT2D eigenvalue weighted by Gasteiger charge is -2.27. The van der Waals surface area contributed by atoms with Crippen LogP contribution in [0.3, 0.4) is 0 Å². The predicted molar refractivity (Wildman–Crippen MR) is 66.8 cm³/mol. The third-order valence-electron chi connectivity index (χ3n) is 3.43. The van der Waals surface area contributed by atoms with E-state index in [9.17, 15) is 0 Å². The fourth-order valence-corrected chi connectivity index (χ4v) is 2.22. The van der Waals surface area contributed by atoms with Gasteiger partial charge in [0.2, 0.25) is 0 Å². The summed E-state index contributed by atoms with van der Waals surface area (Å²) in [4.78, 5) is 0. The molecule has 0 unspecified atom stereocenters. The zero-order valence-electron chi connectivity index (χ0n) is 10.3. The Bertz CT molecular complexity index is 352. The van der Waals surface area contributed by atoms with E-state index >= 15 is 0 Å². The Morgan fingerprint density at radius 3 is 2.75 bits per heavy atom. The van der Waals surface area contributed by atoms with Gasteiger partial charge in [-0.3, -0.25) is 4.68 Å². The van der Waals surface area contributed by atoms with Crippen LogP contribution in [0.4, 0.5) is 5.69 Å². The third kappa shape index (κ3) is 2.07. The van der Waals surface area contributed by atoms with Crippen LogP contribution in [0.15, 0.2) is 0 Å². The van der Waals surface area contributed by atoms with E-state index in [0.717, 1.165) is 25.2 Å². The Hall–Kier alpha value is -1.03. The predicted octanol–water partition coefficient (Wildman–Crippen LogP) is 1.99. The van der Waals surface area contributed by atoms with Crippen LogP contribution >= 0.6 is 0 Å². The number of rotatable bonds is 5. The lowest BCUT2D eigenvalue weighted by molar-refractivity contribution is 0.284. The molecule has 1 aliphatic rings. The molecule has 0 aliphatic heterocycles. The van der Waals surface area contributed by atoms with Crippen LogP contribution in [0.25, 0.3) is 0 Å². The summed E-state index contributed by atoms with van der Waals surface area (Å²) in [5, 5.41) is 8.08. The number of anilines is 1. The number of nitrogens with zero attached hydrogens (tertiary/aromatic N) is 2. The molecule has 0 atom stereocenters. The molecule has 4 nitrogen and oxygen atoms in total. The fraction of sp³-hybridized carbons (Fsp3) is 0.750. The topological polar surface area (TPSA) is 55.9 Å². The van der Waals surface area contributed by atoms with Crippen LogP contribution in [0, 0.1) is 13.8 Å². The lowest BCUT2D eigenvalue weighted by atomic mass is 9.93. The molecular formula is C12H22N4. The molecule has 2 rings (SSSR count). The molecule has 1 heterocycles. The number of hydrogen-bond acceptors (Lipinski definition) is 3. The maximum atomic E-state index is 5.49. The summed E-state index contributed by atoms with van der Waals surface area (Å²) < 4.78 is 2.20. The van der Waals surface area contributed by atoms with Gasteiger partial charge in [0.05, 0.1) is 23.1 Å². The minimum Gasteiger partial charge on any atom is -0.382 e. The van der Waals surface area contributed by atoms with Crippen LogP contribution in [0.1, 0.15) is 43.1 Å². The van der Waals surface area contributed by atoms with Crippen LogP contribution in [0.2, 0.25) is 0 Å². The van der Waals surface area contributed by atoms with Crippen molar-refractivity contribution in [2.75, 3.05) is 18.4 Å². The van der Waals surface area contributed by atoms with Crippen molar-refractivity contribution in [1.29, 1.82) is 0 Å². The van der Waals surface area contributed by atoms with Crippen molar-refractivity contribution in [1.82, 2.24) is 9.78 Å². The van der Waals surface area contributed by atoms with Gasteiger partial charge in [0, 0.05) is 6.54 Å². The highest BCUT2D eigenvalue weighted by molar-refractivity contribution is 5.52. The molecule has 16 heavy (non-hydrogen) atoms. The average Bonchev–Trinajstić information content (AvgIpc) is 2.43. The minimum absolute atomic E-state index is 0.642. The van der Waals surface area contributed by atoms with Gasteiger partial charge in [-0.2, -0.15) is 5.10 Å². The summed E-state index contributed by atoms with van der Waals surface area (Å²) in [6.07, 6.45) is 4.92. The highest BCUT2D eigenvalue weighted by Crippen LogP contribution is 2.34. The Balaban J connectivity index is 2.08. The maximum Gasteiger partial charge on any atom is 0.0828 e. The van der Waals surface area contributed by atoms with E-state index < -0.39 is 0 Å². The lowest BCUT2D eigenvalue weighted by Crippen LogP contribution is -2.19. The standard InChI is InChI=1S/C12H22N4/c1-9-12(14-8-4-7-13)10(2)16(15-9)11-5-3-6-11/h11,14H,3-8,13H2,1-2H3. The van der Waals surface area contributed by atoms with E-state index in [2.05, 4.69) is 28.9 Å². The summed E-state index contributed by atoms with van der Waals surface area (Å²) >= 11 is 0. The van der Waals surface area contributed by atoms with E-state index in [4.69, 9.17) is 5.73 Å². The van der Waals surface area contributed by atoms with Crippen LogP contribution in [0.5, 0.6) is 0 Å². The van der Waals surface area contributed by atoms with Crippen molar-refractivity contribution in [3.8, 4) is 0 Å². The van der Waals surface area contributed by atoms with Crippen LogP contribution in [-0.2, 0) is 0 Å². The van der Waals surface area contributed by atoms with Gasteiger partial charge in [0.1, 0.15) is 0 Å². The van der Waals surface area contributed by atoms with Crippen LogP contribution in [-0.4, -0.2) is 22.9 Å². The van der Waals surface area contributed by atoms with Gasteiger partial charge >= 0.3 is 0 Å². The van der Waals surface area contributed by atoms with E-state index in [1.165, 1.54) is 30.6 Å². The molecular weight excluding hydrogens is 200 g/mol. The molecule has 0 radical (unpaired) electrons. The summed E-state index contributed by atoms with van der Waals surface area (Å²) in [6, 6.07) is 0.642. The molecule has 1 fully saturated rings. The van der Waals surface area contributed by atoms with Crippen molar-refractivity contribution in [2.24, 2.45) is 5.73 Å². The molecule has 0 spiro atoms. The first-order valence-corrected chi connectivity index (χ1v) is 6.23. The second-order valence-corrected chi connectivity index (χ2v) is 4.64. The summed E-state index contributed by atoms with van der Waals surface area (Å²) in [7, 11) is 0. The highest BCUT2D eigenvalue weighted by Gasteiger charge is 2.23. The first-order valence-electron chi connectivity index (χ1n) is 6.23. The molecule has 4 heteroatoms. The summed E-state index contributed by atoms with van der Waals surface area (Å²) in [5.41, 5.74) is 9.09. The number of aromatic nitrogens is 2. The summed E-state index contributed by atoms with van der Waals surface area (Å²) in [6.45, 7) is 5.91. The van der Waals surface area contributed by atoms with Gasteiger partial charge in [-0.25, -0.2) is 0 Å². The van der Waals surface area contributed by atoms with Gasteiger partial charge in [-0.15, -0.1) is 0 Å². The van der Waals surface area contributed by atoms with E-state index in [-0.39, 0.29) is 0 Å². The minimum atomic E-state index is 0.642. The Morgan fingerprint density at radius 2 is 2.19 bits per heavy atom. The quantitative estimate of drug-likeness (QED) is 0.749. The molecule has 1 saturated carbocycles. The Labute approximate surface area is 97.2 Å².